The molecule has 0 atom stereocenters. The van der Waals surface area contributed by atoms with E-state index in [4.69, 9.17) is 0 Å². The minimum absolute atomic E-state index is 0.930. The monoisotopic (exact) mass is 227 g/mol. The second kappa shape index (κ2) is 3.91. The summed E-state index contributed by atoms with van der Waals surface area (Å²) in [5, 5.41) is 7.86. The van der Waals surface area contributed by atoms with Crippen molar-refractivity contribution in [1.82, 2.24) is 9.78 Å². The molecule has 3 heteroatoms. The maximum Gasteiger partial charge on any atom is 0.0571 e. The fourth-order valence-corrected chi connectivity index (χ4v) is 2.63. The van der Waals surface area contributed by atoms with E-state index in [2.05, 4.69) is 47.1 Å². The molecule has 1 aliphatic heterocycles. The third-order valence-corrected chi connectivity index (χ3v) is 3.56. The second-order valence-electron chi connectivity index (χ2n) is 4.47. The van der Waals surface area contributed by atoms with E-state index in [1.54, 1.807) is 0 Å². The number of fused-ring (bicyclic) bond motifs is 1. The maximum atomic E-state index is 4.43. The molecule has 3 rings (SSSR count). The van der Waals surface area contributed by atoms with Crippen LogP contribution in [0, 0.1) is 6.92 Å². The molecule has 88 valence electrons. The second-order valence-corrected chi connectivity index (χ2v) is 4.47. The van der Waals surface area contributed by atoms with Crippen LogP contribution in [-0.2, 0) is 13.0 Å². The van der Waals surface area contributed by atoms with Gasteiger partial charge in [0.2, 0.25) is 0 Å². The highest BCUT2D eigenvalue weighted by atomic mass is 15.3. The van der Waals surface area contributed by atoms with Crippen molar-refractivity contribution in [1.29, 1.82) is 0 Å². The summed E-state index contributed by atoms with van der Waals surface area (Å²) in [6, 6.07) is 6.48. The molecule has 1 aromatic carbocycles. The number of aryl methyl sites for hydroxylation is 1. The van der Waals surface area contributed by atoms with Crippen LogP contribution in [0.25, 0.3) is 11.1 Å². The van der Waals surface area contributed by atoms with Crippen molar-refractivity contribution in [3.05, 3.63) is 35.7 Å². The molecule has 0 spiro atoms. The summed E-state index contributed by atoms with van der Waals surface area (Å²) in [5.41, 5.74) is 6.59. The summed E-state index contributed by atoms with van der Waals surface area (Å²) >= 11 is 0. The van der Waals surface area contributed by atoms with Gasteiger partial charge < -0.3 is 5.32 Å². The molecule has 1 aromatic heterocycles. The zero-order valence-corrected chi connectivity index (χ0v) is 10.3. The smallest absolute Gasteiger partial charge is 0.0571 e. The Hall–Kier alpha value is -1.77. The summed E-state index contributed by atoms with van der Waals surface area (Å²) < 4.78 is 2.05. The third kappa shape index (κ3) is 1.54. The summed E-state index contributed by atoms with van der Waals surface area (Å²) in [5.74, 6) is 0. The predicted octanol–water partition coefficient (Wildman–Crippen LogP) is 2.85. The lowest BCUT2D eigenvalue weighted by Crippen LogP contribution is -1.98. The lowest BCUT2D eigenvalue weighted by Gasteiger charge is -2.07. The van der Waals surface area contributed by atoms with E-state index in [1.165, 1.54) is 28.1 Å². The molecule has 0 amide bonds. The number of anilines is 1. The maximum absolute atomic E-state index is 4.43. The normalized spacial score (nSPS) is 13.5. The average molecular weight is 227 g/mol. The van der Waals surface area contributed by atoms with Crippen LogP contribution >= 0.6 is 0 Å². The van der Waals surface area contributed by atoms with E-state index in [0.717, 1.165) is 19.5 Å². The van der Waals surface area contributed by atoms with Gasteiger partial charge in [-0.1, -0.05) is 12.1 Å². The zero-order chi connectivity index (χ0) is 11.8. The van der Waals surface area contributed by atoms with Gasteiger partial charge in [-0.3, -0.25) is 4.68 Å². The lowest BCUT2D eigenvalue weighted by molar-refractivity contribution is 0.640. The van der Waals surface area contributed by atoms with Crippen molar-refractivity contribution >= 4 is 5.69 Å². The Labute approximate surface area is 101 Å². The Kier molecular flexibility index (Phi) is 2.39. The van der Waals surface area contributed by atoms with E-state index in [0.29, 0.717) is 0 Å². The summed E-state index contributed by atoms with van der Waals surface area (Å²) in [6.45, 7) is 6.25. The van der Waals surface area contributed by atoms with Gasteiger partial charge in [0, 0.05) is 30.0 Å². The minimum atomic E-state index is 0.930. The Morgan fingerprint density at radius 1 is 1.35 bits per heavy atom. The molecule has 0 fully saturated rings. The molecule has 17 heavy (non-hydrogen) atoms. The number of rotatable bonds is 2. The Morgan fingerprint density at radius 2 is 2.24 bits per heavy atom. The van der Waals surface area contributed by atoms with Crippen LogP contribution in [-0.4, -0.2) is 16.3 Å². The Morgan fingerprint density at radius 3 is 3.00 bits per heavy atom. The average Bonchev–Trinajstić information content (AvgIpc) is 2.94. The van der Waals surface area contributed by atoms with Gasteiger partial charge in [-0.15, -0.1) is 0 Å². The molecule has 0 saturated carbocycles. The van der Waals surface area contributed by atoms with Crippen LogP contribution in [0.1, 0.15) is 18.2 Å². The molecule has 0 saturated heterocycles. The van der Waals surface area contributed by atoms with Gasteiger partial charge in [0.1, 0.15) is 0 Å². The first-order chi connectivity index (χ1) is 8.31. The van der Waals surface area contributed by atoms with Gasteiger partial charge in [0.05, 0.1) is 6.20 Å². The highest BCUT2D eigenvalue weighted by molar-refractivity contribution is 5.76. The van der Waals surface area contributed by atoms with E-state index in [-0.39, 0.29) is 0 Å². The molecule has 1 aliphatic rings. The number of hydrogen-bond donors (Lipinski definition) is 1. The summed E-state index contributed by atoms with van der Waals surface area (Å²) in [7, 11) is 0. The standard InChI is InChI=1S/C14H17N3/c1-3-17-10(2)13(9-16-17)11-5-4-6-14-12(11)7-8-15-14/h4-6,9,15H,3,7-8H2,1-2H3. The van der Waals surface area contributed by atoms with Crippen LogP contribution in [0.2, 0.25) is 0 Å². The number of benzene rings is 1. The lowest BCUT2D eigenvalue weighted by atomic mass is 9.98. The SMILES string of the molecule is CCn1ncc(-c2cccc3c2CCN3)c1C. The molecule has 0 aliphatic carbocycles. The molecule has 0 bridgehead atoms. The third-order valence-electron chi connectivity index (χ3n) is 3.56. The first-order valence-corrected chi connectivity index (χ1v) is 6.19. The van der Waals surface area contributed by atoms with Crippen molar-refractivity contribution in [2.24, 2.45) is 0 Å². The Balaban J connectivity index is 2.16. The summed E-state index contributed by atoms with van der Waals surface area (Å²) in [6.07, 6.45) is 3.11. The van der Waals surface area contributed by atoms with Crippen molar-refractivity contribution in [3.63, 3.8) is 0 Å². The molecule has 2 aromatic rings. The van der Waals surface area contributed by atoms with Crippen molar-refractivity contribution in [3.8, 4) is 11.1 Å². The van der Waals surface area contributed by atoms with Gasteiger partial charge in [0.15, 0.2) is 0 Å². The van der Waals surface area contributed by atoms with Crippen LogP contribution in [0.15, 0.2) is 24.4 Å². The van der Waals surface area contributed by atoms with Crippen molar-refractivity contribution in [2.75, 3.05) is 11.9 Å². The van der Waals surface area contributed by atoms with Crippen LogP contribution < -0.4 is 5.32 Å². The molecule has 1 N–H and O–H groups in total. The van der Waals surface area contributed by atoms with E-state index >= 15 is 0 Å². The van der Waals surface area contributed by atoms with Gasteiger partial charge in [-0.05, 0) is 37.5 Å². The van der Waals surface area contributed by atoms with Crippen LogP contribution in [0.5, 0.6) is 0 Å². The van der Waals surface area contributed by atoms with E-state index in [1.807, 2.05) is 6.20 Å². The van der Waals surface area contributed by atoms with Crippen LogP contribution in [0.3, 0.4) is 0 Å². The molecule has 2 heterocycles. The van der Waals surface area contributed by atoms with Gasteiger partial charge in [-0.2, -0.15) is 5.10 Å². The molecular formula is C14H17N3. The zero-order valence-electron chi connectivity index (χ0n) is 10.3. The highest BCUT2D eigenvalue weighted by Crippen LogP contribution is 2.34. The summed E-state index contributed by atoms with van der Waals surface area (Å²) in [4.78, 5) is 0. The fourth-order valence-electron chi connectivity index (χ4n) is 2.63. The van der Waals surface area contributed by atoms with Gasteiger partial charge in [-0.25, -0.2) is 0 Å². The molecule has 3 nitrogen and oxygen atoms in total. The number of hydrogen-bond acceptors (Lipinski definition) is 2. The molecule has 0 unspecified atom stereocenters. The number of nitrogens with one attached hydrogen (secondary N) is 1. The van der Waals surface area contributed by atoms with Gasteiger partial charge in [0.25, 0.3) is 0 Å². The quantitative estimate of drug-likeness (QED) is 0.855. The fraction of sp³-hybridized carbons (Fsp3) is 0.357. The Bertz CT molecular complexity index is 555. The number of nitrogens with zero attached hydrogens (tertiary/aromatic N) is 2. The van der Waals surface area contributed by atoms with E-state index < -0.39 is 0 Å². The van der Waals surface area contributed by atoms with E-state index in [9.17, 15) is 0 Å². The first kappa shape index (κ1) is 10.4. The van der Waals surface area contributed by atoms with Gasteiger partial charge >= 0.3 is 0 Å². The number of aromatic nitrogens is 2. The highest BCUT2D eigenvalue weighted by Gasteiger charge is 2.17. The minimum Gasteiger partial charge on any atom is -0.384 e. The topological polar surface area (TPSA) is 29.9 Å². The first-order valence-electron chi connectivity index (χ1n) is 6.19. The van der Waals surface area contributed by atoms with Crippen molar-refractivity contribution < 1.29 is 0 Å². The predicted molar refractivity (Wildman–Crippen MR) is 70.3 cm³/mol. The van der Waals surface area contributed by atoms with Crippen LogP contribution in [0.4, 0.5) is 5.69 Å². The van der Waals surface area contributed by atoms with Crippen molar-refractivity contribution in [2.45, 2.75) is 26.8 Å². The largest absolute Gasteiger partial charge is 0.384 e. The molecular weight excluding hydrogens is 210 g/mol. The molecule has 0 radical (unpaired) electrons.